The van der Waals surface area contributed by atoms with Gasteiger partial charge in [0.1, 0.15) is 4.70 Å². The van der Waals surface area contributed by atoms with Crippen molar-refractivity contribution in [3.05, 3.63) is 78.9 Å². The molecule has 0 atom stereocenters. The van der Waals surface area contributed by atoms with Crippen LogP contribution >= 0.6 is 11.3 Å². The van der Waals surface area contributed by atoms with Gasteiger partial charge in [-0.25, -0.2) is 0 Å². The highest BCUT2D eigenvalue weighted by molar-refractivity contribution is 7.23. The first-order valence-corrected chi connectivity index (χ1v) is 9.48. The van der Waals surface area contributed by atoms with Crippen LogP contribution in [0.3, 0.4) is 0 Å². The number of benzene rings is 4. The number of aromatic nitrogens is 1. The third-order valence-electron chi connectivity index (χ3n) is 5.20. The molecular weight excluding hydrogens is 372 g/mol. The van der Waals surface area contributed by atoms with E-state index in [4.69, 9.17) is 5.73 Å². The van der Waals surface area contributed by atoms with Crippen LogP contribution in [-0.2, 0) is 0 Å². The lowest BCUT2D eigenvalue weighted by atomic mass is 10.0. The van der Waals surface area contributed by atoms with Crippen molar-refractivity contribution in [2.24, 2.45) is 0 Å². The zero-order chi connectivity index (χ0) is 17.3. The molecule has 2 N–H and O–H groups in total. The fraction of sp³-hybridized carbons (Fsp3) is 0. The average Bonchev–Trinajstić information content (AvgIpc) is 3.06. The molecule has 0 unspecified atom stereocenters. The standard InChI is InChI=1S/C23H15N2S.ClH/c24-17-9-10-18-16(13-17)6-5-15-7-11-20-23(22(15)18)25-19-4-2-1-3-14(19)8-12-21(25)26-20;/h1-13H,24H2;1H/q+1;/p-1. The highest BCUT2D eigenvalue weighted by Crippen LogP contribution is 2.35. The van der Waals surface area contributed by atoms with Gasteiger partial charge in [0.25, 0.3) is 4.83 Å². The Morgan fingerprint density at radius 1 is 0.741 bits per heavy atom. The first-order chi connectivity index (χ1) is 12.8. The van der Waals surface area contributed by atoms with E-state index in [2.05, 4.69) is 77.2 Å². The van der Waals surface area contributed by atoms with Crippen molar-refractivity contribution in [1.29, 1.82) is 0 Å². The largest absolute Gasteiger partial charge is 1.00 e. The van der Waals surface area contributed by atoms with Crippen LogP contribution in [0, 0.1) is 0 Å². The van der Waals surface area contributed by atoms with Crippen LogP contribution < -0.4 is 22.5 Å². The summed E-state index contributed by atoms with van der Waals surface area (Å²) in [5, 5.41) is 6.25. The predicted octanol–water partition coefficient (Wildman–Crippen LogP) is 2.69. The SMILES string of the molecule is Nc1ccc2c(ccc3ccc4sc5ccc6ccccc6[n+]5c4c32)c1.[Cl-]. The first-order valence-electron chi connectivity index (χ1n) is 8.67. The number of hydrogen-bond donors (Lipinski definition) is 1. The van der Waals surface area contributed by atoms with Crippen molar-refractivity contribution in [2.45, 2.75) is 0 Å². The molecule has 0 aliphatic rings. The van der Waals surface area contributed by atoms with Gasteiger partial charge in [0, 0.05) is 23.2 Å². The Balaban J connectivity index is 0.00000160. The number of anilines is 1. The lowest BCUT2D eigenvalue weighted by Gasteiger charge is -2.04. The minimum absolute atomic E-state index is 0. The second-order valence-corrected chi connectivity index (χ2v) is 7.79. The van der Waals surface area contributed by atoms with E-state index >= 15 is 0 Å². The Morgan fingerprint density at radius 2 is 1.52 bits per heavy atom. The lowest BCUT2D eigenvalue weighted by Crippen LogP contribution is -3.00. The maximum atomic E-state index is 6.02. The monoisotopic (exact) mass is 386 g/mol. The molecule has 0 aliphatic heterocycles. The van der Waals surface area contributed by atoms with Crippen LogP contribution in [0.2, 0.25) is 0 Å². The molecule has 4 aromatic carbocycles. The molecule has 0 bridgehead atoms. The molecule has 2 nitrogen and oxygen atoms in total. The molecule has 0 aliphatic carbocycles. The highest BCUT2D eigenvalue weighted by Gasteiger charge is 2.21. The van der Waals surface area contributed by atoms with Gasteiger partial charge in [-0.15, -0.1) is 4.40 Å². The molecule has 0 saturated heterocycles. The zero-order valence-electron chi connectivity index (χ0n) is 14.3. The van der Waals surface area contributed by atoms with Crippen LogP contribution in [0.15, 0.2) is 78.9 Å². The lowest BCUT2D eigenvalue weighted by molar-refractivity contribution is -0.445. The summed E-state index contributed by atoms with van der Waals surface area (Å²) in [4.78, 5) is 1.26. The number of nitrogens with zero attached hydrogens (tertiary/aromatic N) is 1. The summed E-state index contributed by atoms with van der Waals surface area (Å²) in [6, 6.07) is 28.1. The number of nitrogens with two attached hydrogens (primary N) is 1. The molecule has 0 spiro atoms. The van der Waals surface area contributed by atoms with Crippen LogP contribution in [-0.4, -0.2) is 0 Å². The second kappa shape index (κ2) is 5.81. The van der Waals surface area contributed by atoms with Crippen molar-refractivity contribution in [2.75, 3.05) is 5.73 Å². The fourth-order valence-electron chi connectivity index (χ4n) is 4.05. The van der Waals surface area contributed by atoms with Crippen molar-refractivity contribution in [3.63, 3.8) is 0 Å². The molecule has 0 saturated carbocycles. The molecular formula is C23H15ClN2S. The quantitative estimate of drug-likeness (QED) is 0.243. The number of fused-ring (bicyclic) bond motifs is 9. The van der Waals surface area contributed by atoms with Gasteiger partial charge in [-0.1, -0.05) is 47.7 Å². The fourth-order valence-corrected chi connectivity index (χ4v) is 5.12. The third-order valence-corrected chi connectivity index (χ3v) is 6.28. The summed E-state index contributed by atoms with van der Waals surface area (Å²) >= 11 is 1.84. The second-order valence-electron chi connectivity index (χ2n) is 6.72. The number of pyridine rings is 1. The van der Waals surface area contributed by atoms with Gasteiger partial charge in [0.15, 0.2) is 0 Å². The Hall–Kier alpha value is -2.88. The number of rotatable bonds is 0. The van der Waals surface area contributed by atoms with E-state index in [1.807, 2.05) is 17.4 Å². The molecule has 2 heterocycles. The molecule has 6 aromatic rings. The smallest absolute Gasteiger partial charge is 0.268 e. The van der Waals surface area contributed by atoms with Gasteiger partial charge in [0.2, 0.25) is 11.0 Å². The summed E-state index contributed by atoms with van der Waals surface area (Å²) in [6.07, 6.45) is 0. The van der Waals surface area contributed by atoms with Crippen molar-refractivity contribution >= 4 is 64.5 Å². The molecule has 130 valence electrons. The van der Waals surface area contributed by atoms with Crippen LogP contribution in [0.1, 0.15) is 0 Å². The molecule has 27 heavy (non-hydrogen) atoms. The zero-order valence-corrected chi connectivity index (χ0v) is 15.9. The summed E-state index contributed by atoms with van der Waals surface area (Å²) in [5.41, 5.74) is 9.36. The van der Waals surface area contributed by atoms with E-state index in [9.17, 15) is 0 Å². The van der Waals surface area contributed by atoms with E-state index in [-0.39, 0.29) is 12.4 Å². The van der Waals surface area contributed by atoms with Crippen LogP contribution in [0.25, 0.3) is 47.5 Å². The van der Waals surface area contributed by atoms with Crippen molar-refractivity contribution in [1.82, 2.24) is 0 Å². The normalized spacial score (nSPS) is 11.6. The number of hydrogen-bond acceptors (Lipinski definition) is 2. The molecule has 4 heteroatoms. The highest BCUT2D eigenvalue weighted by atomic mass is 35.5. The van der Waals surface area contributed by atoms with Crippen LogP contribution in [0.4, 0.5) is 5.69 Å². The van der Waals surface area contributed by atoms with Gasteiger partial charge >= 0.3 is 0 Å². The summed E-state index contributed by atoms with van der Waals surface area (Å²) in [6.45, 7) is 0. The minimum Gasteiger partial charge on any atom is -1.00 e. The maximum absolute atomic E-state index is 6.02. The van der Waals surface area contributed by atoms with Gasteiger partial charge in [0.05, 0.1) is 5.39 Å². The Kier molecular flexibility index (Phi) is 3.51. The average molecular weight is 387 g/mol. The summed E-state index contributed by atoms with van der Waals surface area (Å²) in [7, 11) is 0. The molecule has 2 aromatic heterocycles. The van der Waals surface area contributed by atoms with Gasteiger partial charge in [-0.2, -0.15) is 0 Å². The topological polar surface area (TPSA) is 30.1 Å². The Morgan fingerprint density at radius 3 is 2.44 bits per heavy atom. The predicted molar refractivity (Wildman–Crippen MR) is 112 cm³/mol. The molecule has 0 amide bonds. The molecule has 0 fully saturated rings. The third kappa shape index (κ3) is 2.22. The first kappa shape index (κ1) is 16.3. The molecule has 0 radical (unpaired) electrons. The Bertz CT molecular complexity index is 1500. The van der Waals surface area contributed by atoms with E-state index in [0.717, 1.165) is 5.69 Å². The van der Waals surface area contributed by atoms with E-state index in [0.29, 0.717) is 0 Å². The number of nitrogen functional groups attached to an aromatic ring is 1. The van der Waals surface area contributed by atoms with E-state index < -0.39 is 0 Å². The van der Waals surface area contributed by atoms with Gasteiger partial charge in [-0.05, 0) is 46.5 Å². The number of para-hydroxylation sites is 1. The number of thiazole rings is 1. The van der Waals surface area contributed by atoms with E-state index in [1.165, 1.54) is 47.5 Å². The van der Waals surface area contributed by atoms with E-state index in [1.54, 1.807) is 0 Å². The maximum Gasteiger partial charge on any atom is 0.268 e. The van der Waals surface area contributed by atoms with Crippen molar-refractivity contribution < 1.29 is 16.8 Å². The van der Waals surface area contributed by atoms with Gasteiger partial charge < -0.3 is 18.1 Å². The summed E-state index contributed by atoms with van der Waals surface area (Å²) in [5.74, 6) is 0. The van der Waals surface area contributed by atoms with Crippen LogP contribution in [0.5, 0.6) is 0 Å². The Labute approximate surface area is 165 Å². The molecule has 6 rings (SSSR count). The van der Waals surface area contributed by atoms with Gasteiger partial charge in [-0.3, -0.25) is 0 Å². The number of halogens is 1. The minimum atomic E-state index is 0. The summed E-state index contributed by atoms with van der Waals surface area (Å²) < 4.78 is 3.71. The van der Waals surface area contributed by atoms with Crippen molar-refractivity contribution in [3.8, 4) is 0 Å².